The van der Waals surface area contributed by atoms with Crippen molar-refractivity contribution in [3.63, 3.8) is 0 Å². The Labute approximate surface area is 178 Å². The molecule has 0 bridgehead atoms. The number of alkyl halides is 3. The van der Waals surface area contributed by atoms with E-state index >= 15 is 0 Å². The molecule has 2 amide bonds. The average molecular weight is 478 g/mol. The summed E-state index contributed by atoms with van der Waals surface area (Å²) in [7, 11) is 0. The van der Waals surface area contributed by atoms with E-state index in [4.69, 9.17) is 0 Å². The lowest BCUT2D eigenvalue weighted by molar-refractivity contribution is -0.137. The molecule has 2 N–H and O–H groups in total. The van der Waals surface area contributed by atoms with Crippen LogP contribution in [0.2, 0.25) is 0 Å². The molecule has 2 aromatic carbocycles. The predicted octanol–water partition coefficient (Wildman–Crippen LogP) is 5.05. The van der Waals surface area contributed by atoms with Gasteiger partial charge in [0.1, 0.15) is 5.69 Å². The van der Waals surface area contributed by atoms with Gasteiger partial charge in [0.05, 0.1) is 11.1 Å². The lowest BCUT2D eigenvalue weighted by atomic mass is 10.1. The molecule has 9 heteroatoms. The molecule has 30 heavy (non-hydrogen) atoms. The Morgan fingerprint density at radius 3 is 2.40 bits per heavy atom. The molecule has 0 aliphatic rings. The van der Waals surface area contributed by atoms with Crippen LogP contribution in [0.3, 0.4) is 0 Å². The molecule has 0 fully saturated rings. The molecule has 154 valence electrons. The molecule has 5 nitrogen and oxygen atoms in total. The van der Waals surface area contributed by atoms with E-state index in [-0.39, 0.29) is 12.2 Å². The Bertz CT molecular complexity index is 1070. The molecule has 3 aromatic rings. The highest BCUT2D eigenvalue weighted by Crippen LogP contribution is 2.32. The van der Waals surface area contributed by atoms with E-state index in [1.54, 1.807) is 36.4 Å². The van der Waals surface area contributed by atoms with Gasteiger partial charge in [0.15, 0.2) is 0 Å². The third kappa shape index (κ3) is 5.24. The maximum absolute atomic E-state index is 13.2. The maximum atomic E-state index is 13.2. The van der Waals surface area contributed by atoms with E-state index in [2.05, 4.69) is 31.5 Å². The van der Waals surface area contributed by atoms with Gasteiger partial charge in [-0.2, -0.15) is 13.2 Å². The molecule has 1 aromatic heterocycles. The normalized spacial score (nSPS) is 11.1. The highest BCUT2D eigenvalue weighted by atomic mass is 79.9. The Balaban J connectivity index is 1.78. The molecule has 0 unspecified atom stereocenters. The van der Waals surface area contributed by atoms with Crippen LogP contribution in [0, 0.1) is 0 Å². The molecule has 0 saturated carbocycles. The molecule has 0 radical (unpaired) electrons. The Morgan fingerprint density at radius 2 is 1.70 bits per heavy atom. The zero-order chi connectivity index (χ0) is 21.7. The second-order valence-electron chi connectivity index (χ2n) is 6.20. The number of nitrogens with zero attached hydrogens (tertiary/aromatic N) is 1. The summed E-state index contributed by atoms with van der Waals surface area (Å²) in [6.07, 6.45) is -3.17. The fraction of sp³-hybridized carbons (Fsp3) is 0.0952. The monoisotopic (exact) mass is 477 g/mol. The topological polar surface area (TPSA) is 71.1 Å². The van der Waals surface area contributed by atoms with Gasteiger partial charge in [-0.25, -0.2) is 0 Å². The second kappa shape index (κ2) is 9.08. The predicted molar refractivity (Wildman–Crippen MR) is 109 cm³/mol. The number of carbonyl (C=O) groups is 2. The van der Waals surface area contributed by atoms with Gasteiger partial charge in [-0.15, -0.1) is 0 Å². The van der Waals surface area contributed by atoms with Gasteiger partial charge in [0.25, 0.3) is 11.8 Å². The number of rotatable bonds is 5. The minimum atomic E-state index is -4.65. The van der Waals surface area contributed by atoms with Crippen LogP contribution in [-0.4, -0.2) is 16.8 Å². The molecule has 0 aliphatic heterocycles. The molecular formula is C21H15BrF3N3O2. The summed E-state index contributed by atoms with van der Waals surface area (Å²) in [5.41, 5.74) is -0.376. The summed E-state index contributed by atoms with van der Waals surface area (Å²) >= 11 is 3.31. The van der Waals surface area contributed by atoms with E-state index in [0.29, 0.717) is 15.7 Å². The van der Waals surface area contributed by atoms with Gasteiger partial charge in [0.2, 0.25) is 0 Å². The average Bonchev–Trinajstić information content (AvgIpc) is 2.73. The zero-order valence-electron chi connectivity index (χ0n) is 15.3. The number of halogens is 4. The van der Waals surface area contributed by atoms with Crippen molar-refractivity contribution in [3.05, 3.63) is 93.7 Å². The van der Waals surface area contributed by atoms with Gasteiger partial charge in [-0.1, -0.05) is 34.1 Å². The van der Waals surface area contributed by atoms with E-state index in [1.165, 1.54) is 18.3 Å². The van der Waals surface area contributed by atoms with Crippen LogP contribution in [0.5, 0.6) is 0 Å². The van der Waals surface area contributed by atoms with Crippen molar-refractivity contribution >= 4 is 33.4 Å². The third-order valence-electron chi connectivity index (χ3n) is 4.13. The third-order valence-corrected chi connectivity index (χ3v) is 4.62. The number of carbonyl (C=O) groups excluding carboxylic acids is 2. The summed E-state index contributed by atoms with van der Waals surface area (Å²) < 4.78 is 40.1. The number of hydrogen-bond donors (Lipinski definition) is 2. The number of amides is 2. The minimum absolute atomic E-state index is 0.0949. The standard InChI is InChI=1S/C21H15BrF3N3O2/c22-14-8-9-17(28-20(30)18-7-3-4-10-26-18)13(11-14)12-27-19(29)15-5-1-2-6-16(15)21(23,24)25/h1-11H,12H2,(H,27,29)(H,28,30). The Kier molecular flexibility index (Phi) is 6.51. The molecule has 0 spiro atoms. The van der Waals surface area contributed by atoms with Gasteiger partial charge in [0, 0.05) is 22.9 Å². The number of aromatic nitrogens is 1. The first-order valence-electron chi connectivity index (χ1n) is 8.71. The number of nitrogens with one attached hydrogen (secondary N) is 2. The van der Waals surface area contributed by atoms with Crippen molar-refractivity contribution in [1.82, 2.24) is 10.3 Å². The van der Waals surface area contributed by atoms with Crippen LogP contribution in [-0.2, 0) is 12.7 Å². The highest BCUT2D eigenvalue weighted by Gasteiger charge is 2.34. The summed E-state index contributed by atoms with van der Waals surface area (Å²) in [5.74, 6) is -1.32. The molecule has 3 rings (SSSR count). The minimum Gasteiger partial charge on any atom is -0.348 e. The van der Waals surface area contributed by atoms with Gasteiger partial charge >= 0.3 is 6.18 Å². The van der Waals surface area contributed by atoms with Crippen LogP contribution in [0.25, 0.3) is 0 Å². The van der Waals surface area contributed by atoms with E-state index in [0.717, 1.165) is 12.1 Å². The molecule has 0 atom stereocenters. The smallest absolute Gasteiger partial charge is 0.348 e. The number of benzene rings is 2. The Morgan fingerprint density at radius 1 is 0.967 bits per heavy atom. The lowest BCUT2D eigenvalue weighted by Crippen LogP contribution is -2.26. The molecule has 0 saturated heterocycles. The van der Waals surface area contributed by atoms with Crippen LogP contribution >= 0.6 is 15.9 Å². The number of hydrogen-bond acceptors (Lipinski definition) is 3. The Hall–Kier alpha value is -3.20. The highest BCUT2D eigenvalue weighted by molar-refractivity contribution is 9.10. The van der Waals surface area contributed by atoms with Crippen molar-refractivity contribution < 1.29 is 22.8 Å². The molecular weight excluding hydrogens is 463 g/mol. The maximum Gasteiger partial charge on any atom is 0.417 e. The molecule has 1 heterocycles. The van der Waals surface area contributed by atoms with Gasteiger partial charge in [-0.05, 0) is 48.0 Å². The van der Waals surface area contributed by atoms with Gasteiger partial charge < -0.3 is 10.6 Å². The fourth-order valence-corrected chi connectivity index (χ4v) is 3.12. The summed E-state index contributed by atoms with van der Waals surface area (Å²) in [4.78, 5) is 28.7. The van der Waals surface area contributed by atoms with Gasteiger partial charge in [-0.3, -0.25) is 14.6 Å². The van der Waals surface area contributed by atoms with Crippen molar-refractivity contribution in [3.8, 4) is 0 Å². The summed E-state index contributed by atoms with van der Waals surface area (Å²) in [6, 6.07) is 14.4. The number of pyridine rings is 1. The SMILES string of the molecule is O=C(Nc1ccc(Br)cc1CNC(=O)c1ccccc1C(F)(F)F)c1ccccn1. The lowest BCUT2D eigenvalue weighted by Gasteiger charge is -2.15. The first kappa shape index (κ1) is 21.5. The van der Waals surface area contributed by atoms with E-state index in [1.807, 2.05) is 0 Å². The zero-order valence-corrected chi connectivity index (χ0v) is 16.9. The van der Waals surface area contributed by atoms with E-state index < -0.39 is 29.1 Å². The van der Waals surface area contributed by atoms with Crippen molar-refractivity contribution in [2.24, 2.45) is 0 Å². The van der Waals surface area contributed by atoms with E-state index in [9.17, 15) is 22.8 Å². The van der Waals surface area contributed by atoms with Crippen molar-refractivity contribution in [2.75, 3.05) is 5.32 Å². The quantitative estimate of drug-likeness (QED) is 0.540. The summed E-state index contributed by atoms with van der Waals surface area (Å²) in [5, 5.41) is 5.18. The summed E-state index contributed by atoms with van der Waals surface area (Å²) in [6.45, 7) is -0.0949. The second-order valence-corrected chi connectivity index (χ2v) is 7.11. The van der Waals surface area contributed by atoms with Crippen LogP contribution < -0.4 is 10.6 Å². The molecule has 0 aliphatic carbocycles. The number of anilines is 1. The van der Waals surface area contributed by atoms with Crippen molar-refractivity contribution in [2.45, 2.75) is 12.7 Å². The van der Waals surface area contributed by atoms with Crippen LogP contribution in [0.15, 0.2) is 71.3 Å². The van der Waals surface area contributed by atoms with Crippen LogP contribution in [0.1, 0.15) is 32.0 Å². The van der Waals surface area contributed by atoms with Crippen LogP contribution in [0.4, 0.5) is 18.9 Å². The fourth-order valence-electron chi connectivity index (χ4n) is 2.71. The first-order valence-corrected chi connectivity index (χ1v) is 9.50. The van der Waals surface area contributed by atoms with Crippen molar-refractivity contribution in [1.29, 1.82) is 0 Å². The first-order chi connectivity index (χ1) is 14.3. The largest absolute Gasteiger partial charge is 0.417 e.